The third kappa shape index (κ3) is 8.92. The summed E-state index contributed by atoms with van der Waals surface area (Å²) in [5.41, 5.74) is 1.07. The second-order valence-corrected chi connectivity index (χ2v) is 11.7. The number of carbonyl (C=O) groups excluding carboxylic acids is 2. The summed E-state index contributed by atoms with van der Waals surface area (Å²) in [6.07, 6.45) is 0.304. The van der Waals surface area contributed by atoms with Gasteiger partial charge in [0.25, 0.3) is 5.91 Å². The highest BCUT2D eigenvalue weighted by molar-refractivity contribution is 9.10. The molecule has 2 amide bonds. The summed E-state index contributed by atoms with van der Waals surface area (Å²) in [6, 6.07) is 18.9. The molecule has 0 aromatic heterocycles. The molecule has 1 N–H and O–H groups in total. The standard InChI is InChI=1S/C28H28BrCl3N2O3/c1-28(2,3)33-27(36)24(13-18-7-5-4-6-8-18)34(16-19-9-11-21(30)15-22(19)31)26(35)17-37-25-12-10-20(29)14-23(25)32/h4-12,14-15,24H,13,16-17H2,1-3H3,(H,33,36)/t24-/m1/s1. The second-order valence-electron chi connectivity index (χ2n) is 9.57. The second kappa shape index (κ2) is 13.0. The van der Waals surface area contributed by atoms with Crippen LogP contribution >= 0.6 is 50.7 Å². The Kier molecular flexibility index (Phi) is 10.3. The molecule has 0 unspecified atom stereocenters. The van der Waals surface area contributed by atoms with Crippen molar-refractivity contribution < 1.29 is 14.3 Å². The van der Waals surface area contributed by atoms with Crippen LogP contribution in [0.2, 0.25) is 15.1 Å². The van der Waals surface area contributed by atoms with E-state index >= 15 is 0 Å². The van der Waals surface area contributed by atoms with E-state index in [0.29, 0.717) is 32.8 Å². The summed E-state index contributed by atoms with van der Waals surface area (Å²) < 4.78 is 6.56. The summed E-state index contributed by atoms with van der Waals surface area (Å²) in [7, 11) is 0. The van der Waals surface area contributed by atoms with Gasteiger partial charge in [0.1, 0.15) is 11.8 Å². The quantitative estimate of drug-likeness (QED) is 0.270. The van der Waals surface area contributed by atoms with Crippen molar-refractivity contribution in [2.24, 2.45) is 0 Å². The molecule has 5 nitrogen and oxygen atoms in total. The lowest BCUT2D eigenvalue weighted by atomic mass is 10.0. The van der Waals surface area contributed by atoms with Crippen molar-refractivity contribution in [1.82, 2.24) is 10.2 Å². The Hall–Kier alpha value is -2.25. The van der Waals surface area contributed by atoms with Crippen LogP contribution in [0, 0.1) is 0 Å². The van der Waals surface area contributed by atoms with Gasteiger partial charge in [0.05, 0.1) is 5.02 Å². The Balaban J connectivity index is 1.97. The first-order valence-corrected chi connectivity index (χ1v) is 13.5. The van der Waals surface area contributed by atoms with Crippen LogP contribution < -0.4 is 10.1 Å². The van der Waals surface area contributed by atoms with E-state index in [1.165, 1.54) is 4.90 Å². The third-order valence-corrected chi connectivity index (χ3v) is 6.75. The molecule has 196 valence electrons. The fourth-order valence-corrected chi connectivity index (χ4v) is 4.85. The summed E-state index contributed by atoms with van der Waals surface area (Å²) in [5.74, 6) is -0.312. The number of halogens is 4. The number of ether oxygens (including phenoxy) is 1. The smallest absolute Gasteiger partial charge is 0.261 e. The Morgan fingerprint density at radius 3 is 2.30 bits per heavy atom. The molecule has 0 heterocycles. The van der Waals surface area contributed by atoms with Gasteiger partial charge >= 0.3 is 0 Å². The van der Waals surface area contributed by atoms with E-state index < -0.39 is 17.5 Å². The molecular formula is C28H28BrCl3N2O3. The Bertz CT molecular complexity index is 1250. The van der Waals surface area contributed by atoms with Crippen LogP contribution in [0.5, 0.6) is 5.75 Å². The molecule has 0 bridgehead atoms. The first kappa shape index (κ1) is 29.3. The largest absolute Gasteiger partial charge is 0.482 e. The van der Waals surface area contributed by atoms with Crippen LogP contribution in [0.1, 0.15) is 31.9 Å². The van der Waals surface area contributed by atoms with E-state index in [1.807, 2.05) is 51.1 Å². The fourth-order valence-electron chi connectivity index (χ4n) is 3.65. The maximum atomic E-state index is 13.7. The number of hydrogen-bond acceptors (Lipinski definition) is 3. The van der Waals surface area contributed by atoms with Crippen LogP contribution in [0.4, 0.5) is 0 Å². The highest BCUT2D eigenvalue weighted by Crippen LogP contribution is 2.28. The summed E-state index contributed by atoms with van der Waals surface area (Å²) in [5, 5.41) is 4.26. The SMILES string of the molecule is CC(C)(C)NC(=O)[C@@H](Cc1ccccc1)N(Cc1ccc(Cl)cc1Cl)C(=O)COc1ccc(Br)cc1Cl. The molecule has 3 aromatic carbocycles. The van der Waals surface area contributed by atoms with Crippen molar-refractivity contribution in [1.29, 1.82) is 0 Å². The first-order valence-electron chi connectivity index (χ1n) is 11.6. The number of benzene rings is 3. The fraction of sp³-hybridized carbons (Fsp3) is 0.286. The predicted molar refractivity (Wildman–Crippen MR) is 153 cm³/mol. The molecule has 0 saturated carbocycles. The molecule has 1 atom stereocenters. The molecule has 0 aliphatic carbocycles. The van der Waals surface area contributed by atoms with Crippen molar-refractivity contribution in [3.63, 3.8) is 0 Å². The number of nitrogens with zero attached hydrogens (tertiary/aromatic N) is 1. The average molecular weight is 627 g/mol. The zero-order valence-electron chi connectivity index (χ0n) is 20.7. The number of nitrogens with one attached hydrogen (secondary N) is 1. The minimum atomic E-state index is -0.829. The third-order valence-electron chi connectivity index (χ3n) is 5.37. The lowest BCUT2D eigenvalue weighted by Gasteiger charge is -2.34. The molecule has 9 heteroatoms. The van der Waals surface area contributed by atoms with Gasteiger partial charge in [-0.1, -0.05) is 87.1 Å². The minimum absolute atomic E-state index is 0.0847. The van der Waals surface area contributed by atoms with Crippen molar-refractivity contribution >= 4 is 62.5 Å². The summed E-state index contributed by atoms with van der Waals surface area (Å²) >= 11 is 22.2. The van der Waals surface area contributed by atoms with Gasteiger partial charge < -0.3 is 15.0 Å². The van der Waals surface area contributed by atoms with E-state index in [0.717, 1.165) is 10.0 Å². The van der Waals surface area contributed by atoms with Gasteiger partial charge in [0, 0.05) is 33.0 Å². The normalized spacial score (nSPS) is 12.1. The van der Waals surface area contributed by atoms with Crippen LogP contribution in [0.15, 0.2) is 71.2 Å². The molecule has 3 rings (SSSR count). The molecule has 3 aromatic rings. The van der Waals surface area contributed by atoms with Gasteiger partial charge in [-0.15, -0.1) is 0 Å². The van der Waals surface area contributed by atoms with Gasteiger partial charge in [-0.05, 0) is 62.2 Å². The molecule has 37 heavy (non-hydrogen) atoms. The van der Waals surface area contributed by atoms with Crippen molar-refractivity contribution in [2.75, 3.05) is 6.61 Å². The van der Waals surface area contributed by atoms with Crippen LogP contribution in [0.3, 0.4) is 0 Å². The average Bonchev–Trinajstić information content (AvgIpc) is 2.81. The molecule has 0 saturated heterocycles. The van der Waals surface area contributed by atoms with Gasteiger partial charge in [-0.3, -0.25) is 9.59 Å². The maximum absolute atomic E-state index is 13.7. The van der Waals surface area contributed by atoms with E-state index in [9.17, 15) is 9.59 Å². The van der Waals surface area contributed by atoms with Crippen molar-refractivity contribution in [2.45, 2.75) is 45.3 Å². The summed E-state index contributed by atoms with van der Waals surface area (Å²) in [6.45, 7) is 5.45. The van der Waals surface area contributed by atoms with E-state index in [-0.39, 0.29) is 19.1 Å². The minimum Gasteiger partial charge on any atom is -0.482 e. The number of amides is 2. The maximum Gasteiger partial charge on any atom is 0.261 e. The number of carbonyl (C=O) groups is 2. The van der Waals surface area contributed by atoms with Gasteiger partial charge in [0.2, 0.25) is 5.91 Å². The highest BCUT2D eigenvalue weighted by Gasteiger charge is 2.33. The van der Waals surface area contributed by atoms with E-state index in [1.54, 1.807) is 36.4 Å². The van der Waals surface area contributed by atoms with Gasteiger partial charge in [-0.25, -0.2) is 0 Å². The highest BCUT2D eigenvalue weighted by atomic mass is 79.9. The van der Waals surface area contributed by atoms with Crippen LogP contribution in [-0.2, 0) is 22.6 Å². The number of rotatable bonds is 9. The first-order chi connectivity index (χ1) is 17.4. The Labute approximate surface area is 241 Å². The zero-order chi connectivity index (χ0) is 27.2. The van der Waals surface area contributed by atoms with Crippen molar-refractivity contribution in [3.05, 3.63) is 97.4 Å². The Morgan fingerprint density at radius 1 is 0.973 bits per heavy atom. The molecule has 0 radical (unpaired) electrons. The van der Waals surface area contributed by atoms with Gasteiger partial charge in [0.15, 0.2) is 6.61 Å². The van der Waals surface area contributed by atoms with Gasteiger partial charge in [-0.2, -0.15) is 0 Å². The van der Waals surface area contributed by atoms with Crippen LogP contribution in [0.25, 0.3) is 0 Å². The molecule has 0 spiro atoms. The topological polar surface area (TPSA) is 58.6 Å². The number of hydrogen-bond donors (Lipinski definition) is 1. The Morgan fingerprint density at radius 2 is 1.68 bits per heavy atom. The monoisotopic (exact) mass is 624 g/mol. The van der Waals surface area contributed by atoms with E-state index in [4.69, 9.17) is 39.5 Å². The lowest BCUT2D eigenvalue weighted by Crippen LogP contribution is -2.55. The molecular weight excluding hydrogens is 599 g/mol. The zero-order valence-corrected chi connectivity index (χ0v) is 24.6. The molecule has 0 aliphatic rings. The lowest BCUT2D eigenvalue weighted by molar-refractivity contribution is -0.143. The van der Waals surface area contributed by atoms with Crippen molar-refractivity contribution in [3.8, 4) is 5.75 Å². The predicted octanol–water partition coefficient (Wildman–Crippen LogP) is 7.34. The summed E-state index contributed by atoms with van der Waals surface area (Å²) in [4.78, 5) is 28.8. The molecule has 0 aliphatic heterocycles. The van der Waals surface area contributed by atoms with E-state index in [2.05, 4.69) is 21.2 Å². The van der Waals surface area contributed by atoms with Crippen LogP contribution in [-0.4, -0.2) is 34.9 Å². The molecule has 0 fully saturated rings.